The smallest absolute Gasteiger partial charge is 0.293 e. The molecule has 4 aromatic rings. The predicted molar refractivity (Wildman–Crippen MR) is 160 cm³/mol. The highest BCUT2D eigenvalue weighted by Crippen LogP contribution is 2.24. The third-order valence-corrected chi connectivity index (χ3v) is 7.75. The van der Waals surface area contributed by atoms with Crippen molar-refractivity contribution in [3.05, 3.63) is 95.7 Å². The van der Waals surface area contributed by atoms with Gasteiger partial charge in [-0.05, 0) is 61.1 Å². The highest BCUT2D eigenvalue weighted by molar-refractivity contribution is 6.01. The van der Waals surface area contributed by atoms with Gasteiger partial charge in [-0.2, -0.15) is 0 Å². The van der Waals surface area contributed by atoms with Crippen LogP contribution in [0.3, 0.4) is 0 Å². The zero-order valence-corrected chi connectivity index (χ0v) is 23.7. The van der Waals surface area contributed by atoms with Crippen molar-refractivity contribution in [3.63, 3.8) is 0 Å². The molecule has 0 radical (unpaired) electrons. The zero-order chi connectivity index (χ0) is 30.5. The number of carbonyl (C=O) groups is 4. The number of rotatable bonds is 8. The average molecular weight is 595 g/mol. The molecule has 4 heterocycles. The van der Waals surface area contributed by atoms with Gasteiger partial charge in [-0.15, -0.1) is 0 Å². The van der Waals surface area contributed by atoms with E-state index in [2.05, 4.69) is 20.9 Å². The van der Waals surface area contributed by atoms with Crippen LogP contribution < -0.4 is 10.6 Å². The van der Waals surface area contributed by atoms with E-state index in [1.54, 1.807) is 0 Å². The summed E-state index contributed by atoms with van der Waals surface area (Å²) in [6.07, 6.45) is 9.33. The summed E-state index contributed by atoms with van der Waals surface area (Å²) in [6.45, 7) is 0.971. The Labute approximate surface area is 252 Å². The Morgan fingerprint density at radius 3 is 1.41 bits per heavy atom. The van der Waals surface area contributed by atoms with E-state index in [0.29, 0.717) is 37.3 Å². The Balaban J connectivity index is 1.01. The molecule has 4 amide bonds. The number of hydrogen-bond donors (Lipinski definition) is 2. The number of amides is 4. The van der Waals surface area contributed by atoms with Gasteiger partial charge in [-0.25, -0.2) is 0 Å². The summed E-state index contributed by atoms with van der Waals surface area (Å²) in [4.78, 5) is 54.3. The van der Waals surface area contributed by atoms with Crippen LogP contribution in [0.4, 0.5) is 11.4 Å². The third kappa shape index (κ3) is 6.28. The average Bonchev–Trinajstić information content (AvgIpc) is 3.88. The molecule has 2 aliphatic rings. The molecule has 2 atom stereocenters. The lowest BCUT2D eigenvalue weighted by Crippen LogP contribution is -2.43. The third-order valence-electron chi connectivity index (χ3n) is 7.75. The van der Waals surface area contributed by atoms with E-state index in [-0.39, 0.29) is 35.1 Å². The van der Waals surface area contributed by atoms with Crippen molar-refractivity contribution in [2.75, 3.05) is 23.7 Å². The fourth-order valence-electron chi connectivity index (χ4n) is 5.50. The Hall–Kier alpha value is -5.52. The molecule has 2 aliphatic heterocycles. The first-order chi connectivity index (χ1) is 21.5. The summed E-state index contributed by atoms with van der Waals surface area (Å²) in [6, 6.07) is 16.6. The Bertz CT molecular complexity index is 1520. The fourth-order valence-corrected chi connectivity index (χ4v) is 5.50. The van der Waals surface area contributed by atoms with Crippen LogP contribution in [0.2, 0.25) is 0 Å². The number of hydrogen-bond acceptors (Lipinski definition) is 8. The second kappa shape index (κ2) is 12.8. The van der Waals surface area contributed by atoms with Crippen molar-refractivity contribution in [1.29, 1.82) is 0 Å². The fraction of sp³-hybridized carbons (Fsp3) is 0.250. The number of benzene rings is 2. The Morgan fingerprint density at radius 2 is 1.05 bits per heavy atom. The zero-order valence-electron chi connectivity index (χ0n) is 23.7. The predicted octanol–water partition coefficient (Wildman–Crippen LogP) is 4.32. The van der Waals surface area contributed by atoms with E-state index in [9.17, 15) is 19.2 Å². The van der Waals surface area contributed by atoms with Crippen LogP contribution in [-0.2, 0) is 9.59 Å². The molecular weight excluding hydrogens is 564 g/mol. The summed E-state index contributed by atoms with van der Waals surface area (Å²) < 4.78 is 9.94. The van der Waals surface area contributed by atoms with Crippen LogP contribution in [0.1, 0.15) is 57.9 Å². The Kier molecular flexibility index (Phi) is 8.30. The molecule has 0 unspecified atom stereocenters. The Morgan fingerprint density at radius 1 is 0.636 bits per heavy atom. The molecule has 2 aromatic heterocycles. The van der Waals surface area contributed by atoms with Crippen molar-refractivity contribution in [2.45, 2.75) is 37.8 Å². The van der Waals surface area contributed by atoms with Gasteiger partial charge in [0.1, 0.15) is 12.1 Å². The quantitative estimate of drug-likeness (QED) is 0.286. The van der Waals surface area contributed by atoms with Crippen molar-refractivity contribution >= 4 is 47.2 Å². The van der Waals surface area contributed by atoms with E-state index in [0.717, 1.165) is 24.0 Å². The molecule has 2 aromatic carbocycles. The summed E-state index contributed by atoms with van der Waals surface area (Å²) in [7, 11) is 0. The topological polar surface area (TPSA) is 151 Å². The maximum Gasteiger partial charge on any atom is 0.293 e. The highest BCUT2D eigenvalue weighted by atomic mass is 16.5. The van der Waals surface area contributed by atoms with E-state index in [1.165, 1.54) is 34.3 Å². The van der Waals surface area contributed by atoms with Gasteiger partial charge >= 0.3 is 0 Å². The van der Waals surface area contributed by atoms with Crippen molar-refractivity contribution in [2.24, 2.45) is 0 Å². The van der Waals surface area contributed by atoms with Crippen LogP contribution in [0.5, 0.6) is 0 Å². The molecule has 0 saturated carbocycles. The van der Waals surface area contributed by atoms with Gasteiger partial charge < -0.3 is 29.5 Å². The SMILES string of the molecule is O=C(Nc1ccc(C=Cc2ccc(NC(=O)[C@@H]3CCCN3C(=O)c3ccno3)cc2)cc1)[C@@H]1CCCN1C(=O)c1ccno1. The first-order valence-electron chi connectivity index (χ1n) is 14.4. The normalized spacial score (nSPS) is 18.1. The number of nitrogens with one attached hydrogen (secondary N) is 2. The van der Waals surface area contributed by atoms with Crippen molar-refractivity contribution in [3.8, 4) is 0 Å². The molecular formula is C32H30N6O6. The molecule has 6 rings (SSSR count). The van der Waals surface area contributed by atoms with Gasteiger partial charge in [0.05, 0.1) is 12.4 Å². The van der Waals surface area contributed by atoms with Crippen LogP contribution in [0.15, 0.2) is 82.1 Å². The second-order valence-corrected chi connectivity index (χ2v) is 10.6. The van der Waals surface area contributed by atoms with Crippen LogP contribution in [-0.4, -0.2) is 68.9 Å². The largest absolute Gasteiger partial charge is 0.351 e. The molecule has 2 saturated heterocycles. The highest BCUT2D eigenvalue weighted by Gasteiger charge is 2.37. The van der Waals surface area contributed by atoms with Gasteiger partial charge in [0.25, 0.3) is 11.8 Å². The second-order valence-electron chi connectivity index (χ2n) is 10.6. The molecule has 2 fully saturated rings. The lowest BCUT2D eigenvalue weighted by Gasteiger charge is -2.22. The lowest BCUT2D eigenvalue weighted by atomic mass is 10.1. The summed E-state index contributed by atoms with van der Waals surface area (Å²) in [5, 5.41) is 13.0. The van der Waals surface area contributed by atoms with Crippen LogP contribution in [0.25, 0.3) is 12.2 Å². The van der Waals surface area contributed by atoms with Crippen LogP contribution in [0, 0.1) is 0 Å². The minimum absolute atomic E-state index is 0.119. The summed E-state index contributed by atoms with van der Waals surface area (Å²) in [5.41, 5.74) is 3.13. The van der Waals surface area contributed by atoms with E-state index < -0.39 is 12.1 Å². The number of anilines is 2. The minimum atomic E-state index is -0.571. The van der Waals surface area contributed by atoms with Gasteiger partial charge in [-0.3, -0.25) is 19.2 Å². The molecule has 12 nitrogen and oxygen atoms in total. The molecule has 0 spiro atoms. The standard InChI is InChI=1S/C32H30N6O6/c39-29(25-3-1-19-37(25)31(41)27-15-17-33-43-27)35-23-11-7-21(8-12-23)5-6-22-9-13-24(14-10-22)36-30(40)26-4-2-20-38(26)32(42)28-16-18-34-44-28/h5-18,25-26H,1-4,19-20H2,(H,35,39)(H,36,40)/t25-,26-/m0/s1. The number of aromatic nitrogens is 2. The van der Waals surface area contributed by atoms with E-state index in [1.807, 2.05) is 60.7 Å². The first-order valence-corrected chi connectivity index (χ1v) is 14.4. The number of carbonyl (C=O) groups excluding carboxylic acids is 4. The number of likely N-dealkylation sites (tertiary alicyclic amines) is 2. The molecule has 0 aliphatic carbocycles. The molecule has 44 heavy (non-hydrogen) atoms. The van der Waals surface area contributed by atoms with Crippen molar-refractivity contribution < 1.29 is 28.2 Å². The van der Waals surface area contributed by atoms with Gasteiger partial charge in [0, 0.05) is 36.6 Å². The number of nitrogens with zero attached hydrogens (tertiary/aromatic N) is 4. The monoisotopic (exact) mass is 594 g/mol. The van der Waals surface area contributed by atoms with Crippen LogP contribution >= 0.6 is 0 Å². The van der Waals surface area contributed by atoms with E-state index in [4.69, 9.17) is 9.05 Å². The van der Waals surface area contributed by atoms with Gasteiger partial charge in [0.15, 0.2) is 0 Å². The first kappa shape index (κ1) is 28.6. The minimum Gasteiger partial charge on any atom is -0.351 e. The maximum absolute atomic E-state index is 12.9. The van der Waals surface area contributed by atoms with Gasteiger partial charge in [0.2, 0.25) is 23.3 Å². The van der Waals surface area contributed by atoms with Crippen molar-refractivity contribution in [1.82, 2.24) is 20.1 Å². The summed E-state index contributed by atoms with van der Waals surface area (Å²) >= 11 is 0. The lowest BCUT2D eigenvalue weighted by molar-refractivity contribution is -0.120. The molecule has 2 N–H and O–H groups in total. The molecule has 0 bridgehead atoms. The maximum atomic E-state index is 12.9. The van der Waals surface area contributed by atoms with Gasteiger partial charge in [-0.1, -0.05) is 46.7 Å². The van der Waals surface area contributed by atoms with E-state index >= 15 is 0 Å². The molecule has 12 heteroatoms. The summed E-state index contributed by atoms with van der Waals surface area (Å²) in [5.74, 6) is -0.929. The molecule has 224 valence electrons.